The molecule has 0 aliphatic carbocycles. The number of rotatable bonds is 6. The predicted octanol–water partition coefficient (Wildman–Crippen LogP) is 3.78. The molecule has 0 radical (unpaired) electrons. The van der Waals surface area contributed by atoms with Crippen LogP contribution in [0.5, 0.6) is 5.75 Å². The van der Waals surface area contributed by atoms with Gasteiger partial charge >= 0.3 is 0 Å². The highest BCUT2D eigenvalue weighted by molar-refractivity contribution is 7.12. The summed E-state index contributed by atoms with van der Waals surface area (Å²) < 4.78 is 5.77. The van der Waals surface area contributed by atoms with Crippen molar-refractivity contribution in [1.29, 1.82) is 0 Å². The van der Waals surface area contributed by atoms with Crippen molar-refractivity contribution in [3.05, 3.63) is 51.7 Å². The molecule has 1 N–H and O–H groups in total. The van der Waals surface area contributed by atoms with Crippen LogP contribution in [0, 0.1) is 6.92 Å². The van der Waals surface area contributed by atoms with Crippen LogP contribution in [-0.4, -0.2) is 12.5 Å². The number of carbonyl (C=O) groups excluding carboxylic acids is 1. The summed E-state index contributed by atoms with van der Waals surface area (Å²) in [6.07, 6.45) is 0.945. The number of thiophene rings is 1. The summed E-state index contributed by atoms with van der Waals surface area (Å²) in [6.45, 7) is 5.26. The summed E-state index contributed by atoms with van der Waals surface area (Å²) in [5.41, 5.74) is 2.14. The van der Waals surface area contributed by atoms with Crippen LogP contribution in [0.3, 0.4) is 0 Å². The van der Waals surface area contributed by atoms with E-state index in [0.29, 0.717) is 13.2 Å². The number of ether oxygens (including phenoxy) is 1. The van der Waals surface area contributed by atoms with E-state index in [9.17, 15) is 4.79 Å². The number of para-hydroxylation sites is 1. The van der Waals surface area contributed by atoms with Gasteiger partial charge in [0.1, 0.15) is 12.4 Å². The van der Waals surface area contributed by atoms with Gasteiger partial charge in [0, 0.05) is 12.1 Å². The molecule has 0 atom stereocenters. The summed E-state index contributed by atoms with van der Waals surface area (Å²) in [5, 5.41) is 4.85. The lowest BCUT2D eigenvalue weighted by molar-refractivity contribution is 0.0957. The monoisotopic (exact) mass is 289 g/mol. The SMILES string of the molecule is CCCNC(=O)c1cc(COc2ccccc2C)cs1. The fourth-order valence-corrected chi connectivity index (χ4v) is 2.59. The van der Waals surface area contributed by atoms with Crippen LogP contribution in [0.1, 0.15) is 34.1 Å². The van der Waals surface area contributed by atoms with E-state index in [4.69, 9.17) is 4.74 Å². The van der Waals surface area contributed by atoms with E-state index in [1.165, 1.54) is 11.3 Å². The minimum absolute atomic E-state index is 0.000934. The second kappa shape index (κ2) is 7.10. The third kappa shape index (κ3) is 3.84. The van der Waals surface area contributed by atoms with Gasteiger partial charge in [-0.1, -0.05) is 25.1 Å². The highest BCUT2D eigenvalue weighted by Gasteiger charge is 2.08. The van der Waals surface area contributed by atoms with Gasteiger partial charge in [0.15, 0.2) is 0 Å². The van der Waals surface area contributed by atoms with Crippen molar-refractivity contribution in [3.63, 3.8) is 0 Å². The average molecular weight is 289 g/mol. The lowest BCUT2D eigenvalue weighted by Gasteiger charge is -2.07. The number of aryl methyl sites for hydroxylation is 1. The number of hydrogen-bond acceptors (Lipinski definition) is 3. The molecule has 0 unspecified atom stereocenters. The Morgan fingerprint density at radius 1 is 1.35 bits per heavy atom. The van der Waals surface area contributed by atoms with Crippen LogP contribution < -0.4 is 10.1 Å². The fourth-order valence-electron chi connectivity index (χ4n) is 1.78. The second-order valence-electron chi connectivity index (χ2n) is 4.63. The third-order valence-electron chi connectivity index (χ3n) is 2.90. The quantitative estimate of drug-likeness (QED) is 0.879. The van der Waals surface area contributed by atoms with Crippen LogP contribution in [0.4, 0.5) is 0 Å². The summed E-state index contributed by atoms with van der Waals surface area (Å²) in [7, 11) is 0. The molecule has 0 aliphatic rings. The number of carbonyl (C=O) groups is 1. The molecule has 3 nitrogen and oxygen atoms in total. The molecule has 2 rings (SSSR count). The van der Waals surface area contributed by atoms with E-state index in [1.54, 1.807) is 0 Å². The Labute approximate surface area is 123 Å². The van der Waals surface area contributed by atoms with Gasteiger partial charge in [-0.15, -0.1) is 11.3 Å². The molecule has 106 valence electrons. The lowest BCUT2D eigenvalue weighted by Crippen LogP contribution is -2.22. The fraction of sp³-hybridized carbons (Fsp3) is 0.312. The lowest BCUT2D eigenvalue weighted by atomic mass is 10.2. The van der Waals surface area contributed by atoms with Crippen molar-refractivity contribution in [3.8, 4) is 5.75 Å². The van der Waals surface area contributed by atoms with Crippen LogP contribution in [0.2, 0.25) is 0 Å². The molecule has 20 heavy (non-hydrogen) atoms. The second-order valence-corrected chi connectivity index (χ2v) is 5.54. The largest absolute Gasteiger partial charge is 0.489 e. The first-order valence-electron chi connectivity index (χ1n) is 6.74. The Morgan fingerprint density at radius 2 is 2.15 bits per heavy atom. The molecule has 0 fully saturated rings. The molecule has 0 saturated heterocycles. The van der Waals surface area contributed by atoms with Crippen LogP contribution in [-0.2, 0) is 6.61 Å². The van der Waals surface area contributed by atoms with E-state index >= 15 is 0 Å². The first kappa shape index (κ1) is 14.6. The molecular weight excluding hydrogens is 270 g/mol. The maximum Gasteiger partial charge on any atom is 0.261 e. The molecule has 4 heteroatoms. The first-order valence-corrected chi connectivity index (χ1v) is 7.62. The zero-order valence-corrected chi connectivity index (χ0v) is 12.6. The molecule has 1 aromatic heterocycles. The van der Waals surface area contributed by atoms with Gasteiger partial charge in [0.25, 0.3) is 5.91 Å². The van der Waals surface area contributed by atoms with Crippen molar-refractivity contribution < 1.29 is 9.53 Å². The van der Waals surface area contributed by atoms with Crippen molar-refractivity contribution in [2.45, 2.75) is 26.9 Å². The summed E-state index contributed by atoms with van der Waals surface area (Å²) >= 11 is 1.46. The summed E-state index contributed by atoms with van der Waals surface area (Å²) in [6, 6.07) is 9.82. The molecule has 1 heterocycles. The van der Waals surface area contributed by atoms with Gasteiger partial charge in [-0.25, -0.2) is 0 Å². The zero-order chi connectivity index (χ0) is 14.4. The highest BCUT2D eigenvalue weighted by atomic mass is 32.1. The van der Waals surface area contributed by atoms with Crippen molar-refractivity contribution in [1.82, 2.24) is 5.32 Å². The van der Waals surface area contributed by atoms with Crippen LogP contribution in [0.15, 0.2) is 35.7 Å². The number of amides is 1. The molecule has 2 aromatic rings. The van der Waals surface area contributed by atoms with E-state index < -0.39 is 0 Å². The first-order chi connectivity index (χ1) is 9.70. The molecule has 0 spiro atoms. The van der Waals surface area contributed by atoms with Gasteiger partial charge in [-0.3, -0.25) is 4.79 Å². The molecule has 0 aliphatic heterocycles. The minimum atomic E-state index is -0.000934. The van der Waals surface area contributed by atoms with Gasteiger partial charge in [-0.05, 0) is 36.4 Å². The van der Waals surface area contributed by atoms with Gasteiger partial charge in [-0.2, -0.15) is 0 Å². The van der Waals surface area contributed by atoms with E-state index in [1.807, 2.05) is 49.6 Å². The Balaban J connectivity index is 1.93. The number of nitrogens with one attached hydrogen (secondary N) is 1. The van der Waals surface area contributed by atoms with Gasteiger partial charge in [0.2, 0.25) is 0 Å². The van der Waals surface area contributed by atoms with E-state index in [2.05, 4.69) is 5.32 Å². The van der Waals surface area contributed by atoms with Gasteiger partial charge in [0.05, 0.1) is 4.88 Å². The van der Waals surface area contributed by atoms with Gasteiger partial charge < -0.3 is 10.1 Å². The van der Waals surface area contributed by atoms with Crippen molar-refractivity contribution in [2.75, 3.05) is 6.54 Å². The maximum atomic E-state index is 11.8. The Bertz CT molecular complexity index is 577. The number of hydrogen-bond donors (Lipinski definition) is 1. The Kier molecular flexibility index (Phi) is 5.18. The average Bonchev–Trinajstić information content (AvgIpc) is 2.93. The molecular formula is C16H19NO2S. The predicted molar refractivity (Wildman–Crippen MR) is 82.5 cm³/mol. The molecule has 1 aromatic carbocycles. The zero-order valence-electron chi connectivity index (χ0n) is 11.8. The van der Waals surface area contributed by atoms with Crippen LogP contribution in [0.25, 0.3) is 0 Å². The molecule has 0 bridgehead atoms. The Hall–Kier alpha value is -1.81. The smallest absolute Gasteiger partial charge is 0.261 e. The van der Waals surface area contributed by atoms with Crippen molar-refractivity contribution >= 4 is 17.2 Å². The third-order valence-corrected chi connectivity index (χ3v) is 3.88. The van der Waals surface area contributed by atoms with Crippen molar-refractivity contribution in [2.24, 2.45) is 0 Å². The maximum absolute atomic E-state index is 11.8. The number of benzene rings is 1. The Morgan fingerprint density at radius 3 is 2.90 bits per heavy atom. The summed E-state index contributed by atoms with van der Waals surface area (Å²) in [4.78, 5) is 12.5. The normalized spacial score (nSPS) is 10.3. The van der Waals surface area contributed by atoms with Crippen LogP contribution >= 0.6 is 11.3 Å². The molecule has 1 amide bonds. The molecule has 0 saturated carbocycles. The topological polar surface area (TPSA) is 38.3 Å². The highest BCUT2D eigenvalue weighted by Crippen LogP contribution is 2.20. The van der Waals surface area contributed by atoms with E-state index in [-0.39, 0.29) is 5.91 Å². The summed E-state index contributed by atoms with van der Waals surface area (Å²) in [5.74, 6) is 0.884. The van der Waals surface area contributed by atoms with E-state index in [0.717, 1.165) is 28.2 Å². The standard InChI is InChI=1S/C16H19NO2S/c1-3-8-17-16(18)15-9-13(11-20-15)10-19-14-7-5-4-6-12(14)2/h4-7,9,11H,3,8,10H2,1-2H3,(H,17,18). The minimum Gasteiger partial charge on any atom is -0.489 e.